The van der Waals surface area contributed by atoms with Crippen molar-refractivity contribution in [2.75, 3.05) is 18.4 Å². The van der Waals surface area contributed by atoms with E-state index in [0.717, 1.165) is 0 Å². The van der Waals surface area contributed by atoms with E-state index in [1.165, 1.54) is 6.92 Å². The lowest BCUT2D eigenvalue weighted by Crippen LogP contribution is -2.33. The lowest BCUT2D eigenvalue weighted by atomic mass is 10.1. The number of amides is 2. The Labute approximate surface area is 119 Å². The highest BCUT2D eigenvalue weighted by Crippen LogP contribution is 2.10. The van der Waals surface area contributed by atoms with Crippen LogP contribution < -0.4 is 5.32 Å². The summed E-state index contributed by atoms with van der Waals surface area (Å²) in [5.74, 6) is -0.565. The molecule has 5 heteroatoms. The lowest BCUT2D eigenvalue weighted by Gasteiger charge is -2.18. The summed E-state index contributed by atoms with van der Waals surface area (Å²) in [6, 6.07) is 6.58. The van der Waals surface area contributed by atoms with Gasteiger partial charge in [-0.2, -0.15) is 0 Å². The summed E-state index contributed by atoms with van der Waals surface area (Å²) in [5, 5.41) is 2.64. The Kier molecular flexibility index (Phi) is 5.90. The average molecular weight is 276 g/mol. The van der Waals surface area contributed by atoms with Crippen LogP contribution in [0, 0.1) is 0 Å². The minimum absolute atomic E-state index is 0.0282. The van der Waals surface area contributed by atoms with Crippen molar-refractivity contribution in [2.24, 2.45) is 0 Å². The third kappa shape index (κ3) is 4.50. The van der Waals surface area contributed by atoms with Crippen LogP contribution in [0.15, 0.2) is 24.3 Å². The van der Waals surface area contributed by atoms with Crippen molar-refractivity contribution in [3.63, 3.8) is 0 Å². The molecule has 0 aliphatic rings. The van der Waals surface area contributed by atoms with Gasteiger partial charge in [-0.25, -0.2) is 0 Å². The van der Waals surface area contributed by atoms with Crippen molar-refractivity contribution < 1.29 is 14.4 Å². The predicted octanol–water partition coefficient (Wildman–Crippen LogP) is 2.09. The second-order valence-corrected chi connectivity index (χ2v) is 4.42. The number of rotatable bonds is 6. The predicted molar refractivity (Wildman–Crippen MR) is 77.6 cm³/mol. The van der Waals surface area contributed by atoms with E-state index in [9.17, 15) is 14.4 Å². The van der Waals surface area contributed by atoms with E-state index in [-0.39, 0.29) is 24.0 Å². The minimum Gasteiger partial charge on any atom is -0.343 e. The highest BCUT2D eigenvalue weighted by Gasteiger charge is 2.14. The molecule has 0 heterocycles. The first-order valence-electron chi connectivity index (χ1n) is 6.66. The maximum absolute atomic E-state index is 11.8. The van der Waals surface area contributed by atoms with Crippen LogP contribution in [-0.2, 0) is 9.59 Å². The van der Waals surface area contributed by atoms with Crippen LogP contribution in [0.25, 0.3) is 0 Å². The molecule has 0 aliphatic carbocycles. The molecule has 0 atom stereocenters. The minimum atomic E-state index is -0.350. The second kappa shape index (κ2) is 7.43. The highest BCUT2D eigenvalue weighted by atomic mass is 16.2. The summed E-state index contributed by atoms with van der Waals surface area (Å²) >= 11 is 0. The van der Waals surface area contributed by atoms with Crippen molar-refractivity contribution in [1.29, 1.82) is 0 Å². The van der Waals surface area contributed by atoms with Gasteiger partial charge in [0.15, 0.2) is 5.78 Å². The highest BCUT2D eigenvalue weighted by molar-refractivity contribution is 6.03. The van der Waals surface area contributed by atoms with Gasteiger partial charge in [0.05, 0.1) is 0 Å². The molecule has 108 valence electrons. The first kappa shape index (κ1) is 15.9. The zero-order valence-corrected chi connectivity index (χ0v) is 12.1. The van der Waals surface area contributed by atoms with E-state index in [1.807, 2.05) is 13.8 Å². The van der Waals surface area contributed by atoms with E-state index in [1.54, 1.807) is 29.2 Å². The Hall–Kier alpha value is -2.17. The maximum atomic E-state index is 11.8. The van der Waals surface area contributed by atoms with E-state index in [0.29, 0.717) is 24.3 Å². The van der Waals surface area contributed by atoms with Gasteiger partial charge in [-0.3, -0.25) is 14.4 Å². The van der Waals surface area contributed by atoms with Gasteiger partial charge in [0.25, 0.3) is 0 Å². The monoisotopic (exact) mass is 276 g/mol. The van der Waals surface area contributed by atoms with Crippen molar-refractivity contribution in [3.8, 4) is 0 Å². The molecule has 1 rings (SSSR count). The number of nitrogens with zero attached hydrogens (tertiary/aromatic N) is 1. The summed E-state index contributed by atoms with van der Waals surface area (Å²) in [7, 11) is 0. The number of hydrogen-bond donors (Lipinski definition) is 1. The van der Waals surface area contributed by atoms with Gasteiger partial charge in [-0.05, 0) is 45.0 Å². The number of anilines is 1. The molecule has 1 N–H and O–H groups in total. The third-order valence-electron chi connectivity index (χ3n) is 3.00. The Morgan fingerprint density at radius 3 is 2.05 bits per heavy atom. The third-order valence-corrected chi connectivity index (χ3v) is 3.00. The first-order chi connectivity index (χ1) is 9.47. The molecule has 0 bridgehead atoms. The van der Waals surface area contributed by atoms with Crippen LogP contribution in [-0.4, -0.2) is 35.6 Å². The smallest absolute Gasteiger partial charge is 0.233 e. The number of carbonyl (C=O) groups is 3. The van der Waals surface area contributed by atoms with Crippen molar-refractivity contribution in [1.82, 2.24) is 4.90 Å². The quantitative estimate of drug-likeness (QED) is 0.639. The van der Waals surface area contributed by atoms with Crippen LogP contribution in [0.1, 0.15) is 37.6 Å². The van der Waals surface area contributed by atoms with E-state index >= 15 is 0 Å². The molecule has 0 saturated heterocycles. The normalized spacial score (nSPS) is 9.95. The van der Waals surface area contributed by atoms with Gasteiger partial charge in [-0.1, -0.05) is 0 Å². The lowest BCUT2D eigenvalue weighted by molar-refractivity contribution is -0.134. The molecule has 0 spiro atoms. The summed E-state index contributed by atoms with van der Waals surface area (Å²) < 4.78 is 0. The summed E-state index contributed by atoms with van der Waals surface area (Å²) in [4.78, 5) is 36.3. The number of ketones is 1. The van der Waals surface area contributed by atoms with Crippen LogP contribution >= 0.6 is 0 Å². The van der Waals surface area contributed by atoms with Gasteiger partial charge >= 0.3 is 0 Å². The molecule has 2 amide bonds. The van der Waals surface area contributed by atoms with Crippen molar-refractivity contribution >= 4 is 23.3 Å². The molecule has 0 unspecified atom stereocenters. The fraction of sp³-hybridized carbons (Fsp3) is 0.400. The molecule has 0 radical (unpaired) electrons. The largest absolute Gasteiger partial charge is 0.343 e. The zero-order valence-electron chi connectivity index (χ0n) is 12.1. The number of carbonyl (C=O) groups excluding carboxylic acids is 3. The molecule has 0 fully saturated rings. The van der Waals surface area contributed by atoms with Crippen LogP contribution in [0.3, 0.4) is 0 Å². The fourth-order valence-corrected chi connectivity index (χ4v) is 1.82. The topological polar surface area (TPSA) is 66.5 Å². The summed E-state index contributed by atoms with van der Waals surface area (Å²) in [6.45, 7) is 6.42. The number of hydrogen-bond acceptors (Lipinski definition) is 3. The van der Waals surface area contributed by atoms with Gasteiger partial charge < -0.3 is 10.2 Å². The Bertz CT molecular complexity index is 490. The van der Waals surface area contributed by atoms with Crippen LogP contribution in [0.5, 0.6) is 0 Å². The van der Waals surface area contributed by atoms with Gasteiger partial charge in [-0.15, -0.1) is 0 Å². The zero-order chi connectivity index (χ0) is 15.1. The van der Waals surface area contributed by atoms with Gasteiger partial charge in [0.2, 0.25) is 11.8 Å². The van der Waals surface area contributed by atoms with Crippen molar-refractivity contribution in [2.45, 2.75) is 27.2 Å². The second-order valence-electron chi connectivity index (χ2n) is 4.42. The van der Waals surface area contributed by atoms with Gasteiger partial charge in [0, 0.05) is 24.3 Å². The van der Waals surface area contributed by atoms with Crippen molar-refractivity contribution in [3.05, 3.63) is 29.8 Å². The first-order valence-corrected chi connectivity index (χ1v) is 6.66. The average Bonchev–Trinajstić information content (AvgIpc) is 2.40. The molecular weight excluding hydrogens is 256 g/mol. The molecule has 5 nitrogen and oxygen atoms in total. The molecule has 0 aliphatic heterocycles. The summed E-state index contributed by atoms with van der Waals surface area (Å²) in [6.07, 6.45) is -0.170. The van der Waals surface area contributed by atoms with E-state index < -0.39 is 0 Å². The maximum Gasteiger partial charge on any atom is 0.233 e. The standard InChI is InChI=1S/C15H20N2O3/c1-4-17(5-2)15(20)10-14(19)16-13-8-6-12(7-9-13)11(3)18/h6-9H,4-5,10H2,1-3H3,(H,16,19). The Balaban J connectivity index is 2.58. The molecule has 1 aromatic carbocycles. The molecule has 0 aromatic heterocycles. The van der Waals surface area contributed by atoms with Gasteiger partial charge in [0.1, 0.15) is 6.42 Å². The van der Waals surface area contributed by atoms with Crippen LogP contribution in [0.2, 0.25) is 0 Å². The van der Waals surface area contributed by atoms with E-state index in [4.69, 9.17) is 0 Å². The number of Topliss-reactive ketones (excluding diaryl/α,β-unsaturated/α-hetero) is 1. The SMILES string of the molecule is CCN(CC)C(=O)CC(=O)Nc1ccc(C(C)=O)cc1. The Morgan fingerprint density at radius 2 is 1.60 bits per heavy atom. The van der Waals surface area contributed by atoms with E-state index in [2.05, 4.69) is 5.32 Å². The molecule has 20 heavy (non-hydrogen) atoms. The number of nitrogens with one attached hydrogen (secondary N) is 1. The Morgan fingerprint density at radius 1 is 1.05 bits per heavy atom. The molecular formula is C15H20N2O3. The molecule has 1 aromatic rings. The fourth-order valence-electron chi connectivity index (χ4n) is 1.82. The number of benzene rings is 1. The van der Waals surface area contributed by atoms with Crippen LogP contribution in [0.4, 0.5) is 5.69 Å². The summed E-state index contributed by atoms with van der Waals surface area (Å²) in [5.41, 5.74) is 1.16. The molecule has 0 saturated carbocycles.